The highest BCUT2D eigenvalue weighted by atomic mass is 16.5. The van der Waals surface area contributed by atoms with Gasteiger partial charge in [-0.05, 0) is 43.6 Å². The highest BCUT2D eigenvalue weighted by Crippen LogP contribution is 2.24. The van der Waals surface area contributed by atoms with Crippen LogP contribution in [0.3, 0.4) is 0 Å². The zero-order valence-electron chi connectivity index (χ0n) is 16.0. The molecular weight excluding hydrogens is 312 g/mol. The van der Waals surface area contributed by atoms with Crippen LogP contribution in [0.5, 0.6) is 5.75 Å². The molecule has 0 bridgehead atoms. The number of hydrogen-bond acceptors (Lipinski definition) is 3. The van der Waals surface area contributed by atoms with E-state index in [4.69, 9.17) is 10.5 Å². The van der Waals surface area contributed by atoms with E-state index in [2.05, 4.69) is 41.2 Å². The largest absolute Gasteiger partial charge is 0.497 e. The van der Waals surface area contributed by atoms with Crippen molar-refractivity contribution in [3.8, 4) is 5.75 Å². The standard InChI is InChI=1S/C20H34N4O/c1-4-24(5-2)19(16-10-9-13-18(14-16)25-3)15-22-20(21)23-17-11-7-6-8-12-17/h9-10,13-14,17,19H,4-8,11-12,15H2,1-3H3,(H3,21,22,23). The van der Waals surface area contributed by atoms with Crippen LogP contribution >= 0.6 is 0 Å². The zero-order valence-corrected chi connectivity index (χ0v) is 16.0. The normalized spacial score (nSPS) is 17.5. The number of benzene rings is 1. The maximum absolute atomic E-state index is 6.17. The van der Waals surface area contributed by atoms with Crippen LogP contribution in [-0.2, 0) is 0 Å². The van der Waals surface area contributed by atoms with Crippen molar-refractivity contribution in [1.82, 2.24) is 10.2 Å². The molecule has 0 aromatic heterocycles. The highest BCUT2D eigenvalue weighted by molar-refractivity contribution is 5.78. The van der Waals surface area contributed by atoms with Crippen molar-refractivity contribution in [1.29, 1.82) is 0 Å². The van der Waals surface area contributed by atoms with Crippen molar-refractivity contribution in [3.63, 3.8) is 0 Å². The van der Waals surface area contributed by atoms with Gasteiger partial charge in [0, 0.05) is 6.04 Å². The molecule has 1 saturated carbocycles. The summed E-state index contributed by atoms with van der Waals surface area (Å²) in [6.45, 7) is 6.97. The third-order valence-corrected chi connectivity index (χ3v) is 5.12. The van der Waals surface area contributed by atoms with Crippen LogP contribution < -0.4 is 15.8 Å². The molecule has 1 aliphatic rings. The van der Waals surface area contributed by atoms with E-state index in [0.29, 0.717) is 18.5 Å². The van der Waals surface area contributed by atoms with E-state index in [0.717, 1.165) is 18.8 Å². The number of hydrogen-bond donors (Lipinski definition) is 2. The van der Waals surface area contributed by atoms with Crippen molar-refractivity contribution in [3.05, 3.63) is 29.8 Å². The number of methoxy groups -OCH3 is 1. The molecular formula is C20H34N4O. The number of rotatable bonds is 8. The third-order valence-electron chi connectivity index (χ3n) is 5.12. The Labute approximate surface area is 152 Å². The first-order chi connectivity index (χ1) is 12.2. The Balaban J connectivity index is 2.08. The molecule has 1 aliphatic carbocycles. The van der Waals surface area contributed by atoms with Crippen LogP contribution in [0.2, 0.25) is 0 Å². The minimum atomic E-state index is 0.205. The second-order valence-corrected chi connectivity index (χ2v) is 6.72. The minimum absolute atomic E-state index is 0.205. The minimum Gasteiger partial charge on any atom is -0.497 e. The van der Waals surface area contributed by atoms with Gasteiger partial charge in [-0.3, -0.25) is 9.89 Å². The van der Waals surface area contributed by atoms with Crippen LogP contribution in [0, 0.1) is 0 Å². The highest BCUT2D eigenvalue weighted by Gasteiger charge is 2.19. The molecule has 1 aromatic rings. The maximum atomic E-state index is 6.17. The number of ether oxygens (including phenoxy) is 1. The number of aliphatic imine (C=N–C) groups is 1. The molecule has 2 rings (SSSR count). The lowest BCUT2D eigenvalue weighted by atomic mass is 9.96. The van der Waals surface area contributed by atoms with E-state index in [9.17, 15) is 0 Å². The van der Waals surface area contributed by atoms with E-state index in [-0.39, 0.29) is 6.04 Å². The van der Waals surface area contributed by atoms with Gasteiger partial charge in [0.25, 0.3) is 0 Å². The van der Waals surface area contributed by atoms with Gasteiger partial charge in [-0.1, -0.05) is 45.2 Å². The van der Waals surface area contributed by atoms with Crippen molar-refractivity contribution in [2.75, 3.05) is 26.7 Å². The summed E-state index contributed by atoms with van der Waals surface area (Å²) in [7, 11) is 1.70. The summed E-state index contributed by atoms with van der Waals surface area (Å²) in [5, 5.41) is 3.41. The number of nitrogens with zero attached hydrogens (tertiary/aromatic N) is 2. The summed E-state index contributed by atoms with van der Waals surface area (Å²) >= 11 is 0. The summed E-state index contributed by atoms with van der Waals surface area (Å²) in [5.74, 6) is 1.46. The van der Waals surface area contributed by atoms with Crippen LogP contribution in [-0.4, -0.2) is 43.6 Å². The second kappa shape index (κ2) is 10.3. The average molecular weight is 347 g/mol. The van der Waals surface area contributed by atoms with E-state index in [1.165, 1.54) is 37.7 Å². The van der Waals surface area contributed by atoms with Gasteiger partial charge in [-0.15, -0.1) is 0 Å². The number of guanidine groups is 1. The van der Waals surface area contributed by atoms with E-state index >= 15 is 0 Å². The van der Waals surface area contributed by atoms with Gasteiger partial charge in [-0.2, -0.15) is 0 Å². The fourth-order valence-electron chi connectivity index (χ4n) is 3.63. The SMILES string of the molecule is CCN(CC)C(CN=C(N)NC1CCCCC1)c1cccc(OC)c1. The molecule has 1 unspecified atom stereocenters. The van der Waals surface area contributed by atoms with Crippen molar-refractivity contribution in [2.45, 2.75) is 58.0 Å². The van der Waals surface area contributed by atoms with Gasteiger partial charge in [-0.25, -0.2) is 0 Å². The first kappa shape index (κ1) is 19.6. The van der Waals surface area contributed by atoms with Crippen LogP contribution in [0.15, 0.2) is 29.3 Å². The fraction of sp³-hybridized carbons (Fsp3) is 0.650. The molecule has 0 radical (unpaired) electrons. The lowest BCUT2D eigenvalue weighted by molar-refractivity contribution is 0.224. The first-order valence-electron chi connectivity index (χ1n) is 9.62. The Kier molecular flexibility index (Phi) is 8.06. The molecule has 1 atom stereocenters. The molecule has 5 heteroatoms. The molecule has 0 spiro atoms. The van der Waals surface area contributed by atoms with E-state index in [1.807, 2.05) is 12.1 Å². The Morgan fingerprint density at radius 3 is 2.64 bits per heavy atom. The van der Waals surface area contributed by atoms with Gasteiger partial charge in [0.1, 0.15) is 5.75 Å². The van der Waals surface area contributed by atoms with Crippen LogP contribution in [0.25, 0.3) is 0 Å². The molecule has 0 amide bonds. The third kappa shape index (κ3) is 5.92. The monoisotopic (exact) mass is 346 g/mol. The summed E-state index contributed by atoms with van der Waals surface area (Å²) in [6.07, 6.45) is 6.32. The molecule has 140 valence electrons. The Morgan fingerprint density at radius 2 is 2.00 bits per heavy atom. The molecule has 1 fully saturated rings. The fourth-order valence-corrected chi connectivity index (χ4v) is 3.63. The smallest absolute Gasteiger partial charge is 0.188 e. The number of nitrogens with one attached hydrogen (secondary N) is 1. The Morgan fingerprint density at radius 1 is 1.28 bits per heavy atom. The maximum Gasteiger partial charge on any atom is 0.188 e. The second-order valence-electron chi connectivity index (χ2n) is 6.72. The average Bonchev–Trinajstić information content (AvgIpc) is 2.66. The van der Waals surface area contributed by atoms with Gasteiger partial charge in [0.15, 0.2) is 5.96 Å². The zero-order chi connectivity index (χ0) is 18.1. The number of nitrogens with two attached hydrogens (primary N) is 1. The van der Waals surface area contributed by atoms with Crippen LogP contribution in [0.4, 0.5) is 0 Å². The van der Waals surface area contributed by atoms with Crippen molar-refractivity contribution in [2.24, 2.45) is 10.7 Å². The summed E-state index contributed by atoms with van der Waals surface area (Å²) in [4.78, 5) is 7.08. The summed E-state index contributed by atoms with van der Waals surface area (Å²) in [5.41, 5.74) is 7.39. The molecule has 0 saturated heterocycles. The lowest BCUT2D eigenvalue weighted by Gasteiger charge is -2.29. The molecule has 1 aromatic carbocycles. The van der Waals surface area contributed by atoms with Crippen molar-refractivity contribution < 1.29 is 4.74 Å². The van der Waals surface area contributed by atoms with Gasteiger partial charge < -0.3 is 15.8 Å². The van der Waals surface area contributed by atoms with Crippen LogP contribution in [0.1, 0.15) is 57.6 Å². The quantitative estimate of drug-likeness (QED) is 0.560. The summed E-state index contributed by atoms with van der Waals surface area (Å²) < 4.78 is 5.39. The van der Waals surface area contributed by atoms with E-state index < -0.39 is 0 Å². The molecule has 0 aliphatic heterocycles. The Bertz CT molecular complexity index is 536. The predicted molar refractivity (Wildman–Crippen MR) is 105 cm³/mol. The lowest BCUT2D eigenvalue weighted by Crippen LogP contribution is -2.41. The molecule has 0 heterocycles. The van der Waals surface area contributed by atoms with E-state index in [1.54, 1.807) is 7.11 Å². The first-order valence-corrected chi connectivity index (χ1v) is 9.62. The molecule has 5 nitrogen and oxygen atoms in total. The molecule has 25 heavy (non-hydrogen) atoms. The van der Waals surface area contributed by atoms with Gasteiger partial charge in [0.2, 0.25) is 0 Å². The Hall–Kier alpha value is -1.75. The molecule has 3 N–H and O–H groups in total. The summed E-state index contributed by atoms with van der Waals surface area (Å²) in [6, 6.07) is 8.95. The predicted octanol–water partition coefficient (Wildman–Crippen LogP) is 3.32. The van der Waals surface area contributed by atoms with Gasteiger partial charge >= 0.3 is 0 Å². The number of likely N-dealkylation sites (N-methyl/N-ethyl adjacent to an activating group) is 1. The topological polar surface area (TPSA) is 62.9 Å². The van der Waals surface area contributed by atoms with Crippen molar-refractivity contribution >= 4 is 5.96 Å². The van der Waals surface area contributed by atoms with Gasteiger partial charge in [0.05, 0.1) is 19.7 Å².